The maximum absolute atomic E-state index is 11.5. The highest BCUT2D eigenvalue weighted by molar-refractivity contribution is 8.14. The standard InChI is InChI=1S/C4H7F3N2S/c1-8-3(9-2)10-4(5,6)7/h1-2H3,(H,8,9). The van der Waals surface area contributed by atoms with Crippen LogP contribution in [0.3, 0.4) is 0 Å². The molecule has 0 spiro atoms. The molecule has 10 heavy (non-hydrogen) atoms. The molecule has 0 fully saturated rings. The van der Waals surface area contributed by atoms with E-state index in [-0.39, 0.29) is 16.9 Å². The van der Waals surface area contributed by atoms with E-state index in [1.165, 1.54) is 14.1 Å². The van der Waals surface area contributed by atoms with Gasteiger partial charge in [0.25, 0.3) is 0 Å². The summed E-state index contributed by atoms with van der Waals surface area (Å²) in [6.45, 7) is 0. The molecule has 0 saturated heterocycles. The molecule has 0 aliphatic carbocycles. The molecular formula is C4H7F3N2S. The summed E-state index contributed by atoms with van der Waals surface area (Å²) in [5.41, 5.74) is -4.25. The highest BCUT2D eigenvalue weighted by Crippen LogP contribution is 2.30. The summed E-state index contributed by atoms with van der Waals surface area (Å²) in [6.07, 6.45) is 0. The number of alkyl halides is 3. The first-order valence-corrected chi connectivity index (χ1v) is 3.21. The molecule has 2 nitrogen and oxygen atoms in total. The minimum Gasteiger partial charge on any atom is -0.368 e. The molecule has 6 heteroatoms. The number of nitrogens with zero attached hydrogens (tertiary/aromatic N) is 1. The Labute approximate surface area is 60.9 Å². The average molecular weight is 172 g/mol. The zero-order chi connectivity index (χ0) is 8.20. The van der Waals surface area contributed by atoms with Gasteiger partial charge in [-0.1, -0.05) is 0 Å². The van der Waals surface area contributed by atoms with Crippen molar-refractivity contribution in [2.24, 2.45) is 4.99 Å². The van der Waals surface area contributed by atoms with E-state index in [1.807, 2.05) is 0 Å². The quantitative estimate of drug-likeness (QED) is 0.441. The lowest BCUT2D eigenvalue weighted by atomic mass is 11.1. The second-order valence-corrected chi connectivity index (χ2v) is 2.38. The van der Waals surface area contributed by atoms with E-state index in [0.717, 1.165) is 0 Å². The predicted molar refractivity (Wildman–Crippen MR) is 36.1 cm³/mol. The fourth-order valence-electron chi connectivity index (χ4n) is 0.318. The Bertz CT molecular complexity index is 131. The smallest absolute Gasteiger partial charge is 0.368 e. The molecular weight excluding hydrogens is 165 g/mol. The van der Waals surface area contributed by atoms with Gasteiger partial charge in [-0.05, 0) is 0 Å². The van der Waals surface area contributed by atoms with Crippen LogP contribution < -0.4 is 5.32 Å². The third kappa shape index (κ3) is 4.49. The van der Waals surface area contributed by atoms with E-state index >= 15 is 0 Å². The van der Waals surface area contributed by atoms with Crippen molar-refractivity contribution < 1.29 is 13.2 Å². The monoisotopic (exact) mass is 172 g/mol. The number of nitrogens with one attached hydrogen (secondary N) is 1. The van der Waals surface area contributed by atoms with Crippen molar-refractivity contribution in [3.05, 3.63) is 0 Å². The van der Waals surface area contributed by atoms with Crippen molar-refractivity contribution in [2.75, 3.05) is 14.1 Å². The van der Waals surface area contributed by atoms with Crippen LogP contribution in [-0.2, 0) is 0 Å². The average Bonchev–Trinajstić information content (AvgIpc) is 1.81. The van der Waals surface area contributed by atoms with Crippen LogP contribution in [0.4, 0.5) is 13.2 Å². The molecule has 0 unspecified atom stereocenters. The van der Waals surface area contributed by atoms with Crippen LogP contribution in [0.15, 0.2) is 4.99 Å². The number of hydrogen-bond donors (Lipinski definition) is 1. The lowest BCUT2D eigenvalue weighted by molar-refractivity contribution is -0.0316. The van der Waals surface area contributed by atoms with Crippen molar-refractivity contribution >= 4 is 16.9 Å². The Morgan fingerprint density at radius 1 is 1.50 bits per heavy atom. The predicted octanol–water partition coefficient (Wildman–Crippen LogP) is 1.44. The van der Waals surface area contributed by atoms with E-state index in [9.17, 15) is 13.2 Å². The van der Waals surface area contributed by atoms with Crippen molar-refractivity contribution in [3.8, 4) is 0 Å². The van der Waals surface area contributed by atoms with Crippen molar-refractivity contribution in [3.63, 3.8) is 0 Å². The van der Waals surface area contributed by atoms with Gasteiger partial charge >= 0.3 is 5.51 Å². The van der Waals surface area contributed by atoms with Gasteiger partial charge in [0, 0.05) is 25.9 Å². The molecule has 0 rings (SSSR count). The summed E-state index contributed by atoms with van der Waals surface area (Å²) in [6, 6.07) is 0. The van der Waals surface area contributed by atoms with Crippen LogP contribution in [0.2, 0.25) is 0 Å². The Balaban J connectivity index is 3.88. The number of halogens is 3. The summed E-state index contributed by atoms with van der Waals surface area (Å²) < 4.78 is 34.6. The molecule has 0 aliphatic rings. The number of amidine groups is 1. The second-order valence-electron chi connectivity index (χ2n) is 1.33. The number of hydrogen-bond acceptors (Lipinski definition) is 2. The van der Waals surface area contributed by atoms with E-state index in [1.54, 1.807) is 0 Å². The Kier molecular flexibility index (Phi) is 3.55. The number of aliphatic imine (C=N–C) groups is 1. The SMILES string of the molecule is CN=C(NC)SC(F)(F)F. The molecule has 0 aromatic carbocycles. The molecule has 60 valence electrons. The second kappa shape index (κ2) is 3.70. The van der Waals surface area contributed by atoms with Crippen molar-refractivity contribution in [1.82, 2.24) is 5.32 Å². The number of rotatable bonds is 0. The first kappa shape index (κ1) is 9.61. The lowest BCUT2D eigenvalue weighted by Crippen LogP contribution is -2.19. The topological polar surface area (TPSA) is 24.4 Å². The minimum atomic E-state index is -4.25. The lowest BCUT2D eigenvalue weighted by Gasteiger charge is -2.05. The Morgan fingerprint density at radius 2 is 2.00 bits per heavy atom. The molecule has 0 aliphatic heterocycles. The van der Waals surface area contributed by atoms with Gasteiger partial charge in [-0.15, -0.1) is 0 Å². The van der Waals surface area contributed by atoms with Gasteiger partial charge < -0.3 is 5.32 Å². The largest absolute Gasteiger partial charge is 0.449 e. The molecule has 0 aromatic heterocycles. The minimum absolute atomic E-state index is 0.132. The molecule has 0 aromatic rings. The highest BCUT2D eigenvalue weighted by Gasteiger charge is 2.30. The molecule has 0 atom stereocenters. The van der Waals surface area contributed by atoms with Crippen LogP contribution >= 0.6 is 11.8 Å². The van der Waals surface area contributed by atoms with Gasteiger partial charge in [-0.3, -0.25) is 4.99 Å². The van der Waals surface area contributed by atoms with Crippen LogP contribution in [0, 0.1) is 0 Å². The van der Waals surface area contributed by atoms with Crippen molar-refractivity contribution in [2.45, 2.75) is 5.51 Å². The van der Waals surface area contributed by atoms with E-state index in [2.05, 4.69) is 10.3 Å². The molecule has 1 N–H and O–H groups in total. The molecule has 0 saturated carbocycles. The summed E-state index contributed by atoms with van der Waals surface area (Å²) in [4.78, 5) is 3.34. The van der Waals surface area contributed by atoms with Crippen LogP contribution in [0.1, 0.15) is 0 Å². The first-order chi connectivity index (χ1) is 4.49. The summed E-state index contributed by atoms with van der Waals surface area (Å²) in [5, 5.41) is 2.17. The Hall–Kier alpha value is -0.390. The van der Waals surface area contributed by atoms with Gasteiger partial charge in [0.05, 0.1) is 0 Å². The van der Waals surface area contributed by atoms with Crippen LogP contribution in [0.5, 0.6) is 0 Å². The van der Waals surface area contributed by atoms with Gasteiger partial charge in [0.1, 0.15) is 0 Å². The zero-order valence-corrected chi connectivity index (χ0v) is 6.31. The van der Waals surface area contributed by atoms with Crippen LogP contribution in [0.25, 0.3) is 0 Å². The van der Waals surface area contributed by atoms with E-state index in [4.69, 9.17) is 0 Å². The number of thioether (sulfide) groups is 1. The Morgan fingerprint density at radius 3 is 2.10 bits per heavy atom. The third-order valence-corrected chi connectivity index (χ3v) is 1.44. The van der Waals surface area contributed by atoms with Crippen molar-refractivity contribution in [1.29, 1.82) is 0 Å². The maximum Gasteiger partial charge on any atom is 0.449 e. The molecule has 0 heterocycles. The fraction of sp³-hybridized carbons (Fsp3) is 0.750. The van der Waals surface area contributed by atoms with Gasteiger partial charge in [-0.25, -0.2) is 0 Å². The highest BCUT2D eigenvalue weighted by atomic mass is 32.2. The molecule has 0 radical (unpaired) electrons. The van der Waals surface area contributed by atoms with E-state index < -0.39 is 5.51 Å². The fourth-order valence-corrected chi connectivity index (χ4v) is 0.731. The maximum atomic E-state index is 11.5. The van der Waals surface area contributed by atoms with E-state index in [0.29, 0.717) is 0 Å². The normalized spacial score (nSPS) is 13.5. The first-order valence-electron chi connectivity index (χ1n) is 2.40. The van der Waals surface area contributed by atoms with Gasteiger partial charge in [0.2, 0.25) is 0 Å². The third-order valence-electron chi connectivity index (χ3n) is 0.629. The molecule has 0 bridgehead atoms. The molecule has 0 amide bonds. The van der Waals surface area contributed by atoms with Gasteiger partial charge in [0.15, 0.2) is 5.17 Å². The van der Waals surface area contributed by atoms with Crippen LogP contribution in [-0.4, -0.2) is 24.8 Å². The summed E-state index contributed by atoms with van der Waals surface area (Å²) in [5.74, 6) is 0. The summed E-state index contributed by atoms with van der Waals surface area (Å²) in [7, 11) is 2.69. The summed E-state index contributed by atoms with van der Waals surface area (Å²) >= 11 is -0.259. The van der Waals surface area contributed by atoms with Gasteiger partial charge in [-0.2, -0.15) is 13.2 Å². The zero-order valence-electron chi connectivity index (χ0n) is 5.49.